The lowest BCUT2D eigenvalue weighted by atomic mass is 10.2. The van der Waals surface area contributed by atoms with E-state index in [1.165, 1.54) is 0 Å². The first-order valence-electron chi connectivity index (χ1n) is 6.50. The Kier molecular flexibility index (Phi) is 4.56. The molecule has 3 heteroatoms. The van der Waals surface area contributed by atoms with Gasteiger partial charge < -0.3 is 0 Å². The number of amides is 1. The quantitative estimate of drug-likeness (QED) is 0.831. The van der Waals surface area contributed by atoms with Crippen molar-refractivity contribution in [1.29, 1.82) is 0 Å². The minimum atomic E-state index is -0.0853. The maximum absolute atomic E-state index is 12.2. The van der Waals surface area contributed by atoms with Gasteiger partial charge in [0.15, 0.2) is 0 Å². The lowest BCUT2D eigenvalue weighted by Crippen LogP contribution is -2.42. The molecule has 0 saturated heterocycles. The van der Waals surface area contributed by atoms with Crippen molar-refractivity contribution in [2.75, 3.05) is 11.6 Å². The van der Waals surface area contributed by atoms with Crippen LogP contribution in [0.5, 0.6) is 0 Å². The third-order valence-corrected chi connectivity index (χ3v) is 2.79. The summed E-state index contributed by atoms with van der Waals surface area (Å²) >= 11 is 0. The molecule has 0 aliphatic rings. The Bertz CT molecular complexity index is 511. The van der Waals surface area contributed by atoms with Gasteiger partial charge in [0, 0.05) is 12.1 Å². The van der Waals surface area contributed by atoms with Crippen LogP contribution in [0.15, 0.2) is 60.7 Å². The number of nitrogens with zero attached hydrogens (tertiary/aromatic N) is 1. The van der Waals surface area contributed by atoms with Gasteiger partial charge in [-0.25, -0.2) is 0 Å². The molecule has 0 atom stereocenters. The average Bonchev–Trinajstić information content (AvgIpc) is 2.48. The van der Waals surface area contributed by atoms with Crippen molar-refractivity contribution < 1.29 is 4.79 Å². The zero-order valence-electron chi connectivity index (χ0n) is 11.0. The van der Waals surface area contributed by atoms with Gasteiger partial charge in [0.1, 0.15) is 0 Å². The largest absolute Gasteiger partial charge is 0.285 e. The first kappa shape index (κ1) is 13.1. The number of hydrogen-bond acceptors (Lipinski definition) is 2. The molecule has 0 unspecified atom stereocenters. The number of carbonyl (C=O) groups excluding carboxylic acids is 1. The second kappa shape index (κ2) is 6.59. The van der Waals surface area contributed by atoms with Crippen LogP contribution in [0.1, 0.15) is 23.7 Å². The van der Waals surface area contributed by atoms with Gasteiger partial charge in [-0.15, -0.1) is 0 Å². The molecule has 0 bridgehead atoms. The summed E-state index contributed by atoms with van der Waals surface area (Å²) in [6, 6.07) is 19.1. The van der Waals surface area contributed by atoms with E-state index in [0.717, 1.165) is 18.7 Å². The molecule has 19 heavy (non-hydrogen) atoms. The van der Waals surface area contributed by atoms with Crippen molar-refractivity contribution >= 4 is 11.6 Å². The number of hydrogen-bond donors (Lipinski definition) is 1. The Morgan fingerprint density at radius 2 is 1.58 bits per heavy atom. The van der Waals surface area contributed by atoms with Gasteiger partial charge in [0.25, 0.3) is 5.91 Å². The van der Waals surface area contributed by atoms with E-state index in [4.69, 9.17) is 0 Å². The fourth-order valence-corrected chi connectivity index (χ4v) is 1.86. The number of anilines is 1. The molecule has 1 N–H and O–H groups in total. The van der Waals surface area contributed by atoms with Gasteiger partial charge >= 0.3 is 0 Å². The Hall–Kier alpha value is -2.29. The lowest BCUT2D eigenvalue weighted by molar-refractivity contribution is 0.0949. The summed E-state index contributed by atoms with van der Waals surface area (Å²) in [5.41, 5.74) is 4.61. The van der Waals surface area contributed by atoms with Crippen LogP contribution in [-0.4, -0.2) is 12.5 Å². The highest BCUT2D eigenvalue weighted by molar-refractivity contribution is 5.95. The van der Waals surface area contributed by atoms with Gasteiger partial charge in [0.05, 0.1) is 5.69 Å². The normalized spacial score (nSPS) is 9.95. The predicted octanol–water partition coefficient (Wildman–Crippen LogP) is 3.25. The molecule has 0 radical (unpaired) electrons. The molecule has 0 spiro atoms. The Balaban J connectivity index is 2.11. The zero-order valence-corrected chi connectivity index (χ0v) is 11.0. The molecule has 3 nitrogen and oxygen atoms in total. The number of nitrogens with one attached hydrogen (secondary N) is 1. The SMILES string of the molecule is CCCN(NC(=O)c1ccccc1)c1ccccc1. The Labute approximate surface area is 113 Å². The molecule has 1 amide bonds. The number of carbonyl (C=O) groups is 1. The first-order valence-corrected chi connectivity index (χ1v) is 6.50. The first-order chi connectivity index (χ1) is 9.31. The van der Waals surface area contributed by atoms with Crippen molar-refractivity contribution in [3.05, 3.63) is 66.2 Å². The average molecular weight is 254 g/mol. The van der Waals surface area contributed by atoms with E-state index in [1.807, 2.05) is 65.7 Å². The van der Waals surface area contributed by atoms with E-state index >= 15 is 0 Å². The summed E-state index contributed by atoms with van der Waals surface area (Å²) in [5, 5.41) is 1.88. The zero-order chi connectivity index (χ0) is 13.5. The van der Waals surface area contributed by atoms with E-state index in [0.29, 0.717) is 5.56 Å². The third kappa shape index (κ3) is 3.58. The molecule has 98 valence electrons. The molecular formula is C16H18N2O. The highest BCUT2D eigenvalue weighted by Gasteiger charge is 2.10. The summed E-state index contributed by atoms with van der Waals surface area (Å²) in [6.07, 6.45) is 0.962. The highest BCUT2D eigenvalue weighted by Crippen LogP contribution is 2.12. The van der Waals surface area contributed by atoms with Crippen LogP contribution in [0.2, 0.25) is 0 Å². The summed E-state index contributed by atoms with van der Waals surface area (Å²) in [7, 11) is 0. The molecule has 0 heterocycles. The van der Waals surface area contributed by atoms with E-state index in [1.54, 1.807) is 0 Å². The standard InChI is InChI=1S/C16H18N2O/c1-2-13-18(15-11-7-4-8-12-15)17-16(19)14-9-5-3-6-10-14/h3-12H,2,13H2,1H3,(H,17,19). The minimum absolute atomic E-state index is 0.0853. The van der Waals surface area contributed by atoms with Crippen molar-refractivity contribution in [1.82, 2.24) is 5.43 Å². The van der Waals surface area contributed by atoms with Crippen LogP contribution in [0.4, 0.5) is 5.69 Å². The summed E-state index contributed by atoms with van der Waals surface area (Å²) < 4.78 is 0. The molecule has 0 aliphatic carbocycles. The van der Waals surface area contributed by atoms with Crippen molar-refractivity contribution in [3.63, 3.8) is 0 Å². The molecule has 0 aliphatic heterocycles. The Morgan fingerprint density at radius 1 is 1.00 bits per heavy atom. The van der Waals surface area contributed by atoms with Crippen LogP contribution >= 0.6 is 0 Å². The second-order valence-electron chi connectivity index (χ2n) is 4.29. The number of benzene rings is 2. The Morgan fingerprint density at radius 3 is 2.16 bits per heavy atom. The second-order valence-corrected chi connectivity index (χ2v) is 4.29. The highest BCUT2D eigenvalue weighted by atomic mass is 16.2. The maximum atomic E-state index is 12.2. The fourth-order valence-electron chi connectivity index (χ4n) is 1.86. The molecule has 2 rings (SSSR count). The van der Waals surface area contributed by atoms with Crippen molar-refractivity contribution in [2.24, 2.45) is 0 Å². The van der Waals surface area contributed by atoms with Gasteiger partial charge in [-0.3, -0.25) is 15.2 Å². The van der Waals surface area contributed by atoms with Gasteiger partial charge in [0.2, 0.25) is 0 Å². The van der Waals surface area contributed by atoms with E-state index in [-0.39, 0.29) is 5.91 Å². The predicted molar refractivity (Wildman–Crippen MR) is 78.0 cm³/mol. The van der Waals surface area contributed by atoms with Crippen LogP contribution in [0.25, 0.3) is 0 Å². The number of rotatable bonds is 5. The van der Waals surface area contributed by atoms with Crippen molar-refractivity contribution in [2.45, 2.75) is 13.3 Å². The van der Waals surface area contributed by atoms with Gasteiger partial charge in [-0.05, 0) is 30.7 Å². The van der Waals surface area contributed by atoms with Crippen LogP contribution in [0, 0.1) is 0 Å². The molecular weight excluding hydrogens is 236 g/mol. The maximum Gasteiger partial charge on any atom is 0.269 e. The van der Waals surface area contributed by atoms with E-state index in [2.05, 4.69) is 12.3 Å². The molecule has 0 aromatic heterocycles. The molecule has 2 aromatic carbocycles. The van der Waals surface area contributed by atoms with Crippen molar-refractivity contribution in [3.8, 4) is 0 Å². The lowest BCUT2D eigenvalue weighted by Gasteiger charge is -2.24. The van der Waals surface area contributed by atoms with Crippen LogP contribution < -0.4 is 10.4 Å². The summed E-state index contributed by atoms with van der Waals surface area (Å²) in [4.78, 5) is 12.2. The van der Waals surface area contributed by atoms with E-state index in [9.17, 15) is 4.79 Å². The number of hydrazine groups is 1. The minimum Gasteiger partial charge on any atom is -0.285 e. The van der Waals surface area contributed by atoms with E-state index < -0.39 is 0 Å². The van der Waals surface area contributed by atoms with Gasteiger partial charge in [-0.1, -0.05) is 43.3 Å². The number of para-hydroxylation sites is 1. The fraction of sp³-hybridized carbons (Fsp3) is 0.188. The third-order valence-electron chi connectivity index (χ3n) is 2.79. The molecule has 2 aromatic rings. The van der Waals surface area contributed by atoms with Crippen LogP contribution in [0.3, 0.4) is 0 Å². The topological polar surface area (TPSA) is 32.3 Å². The van der Waals surface area contributed by atoms with Crippen LogP contribution in [-0.2, 0) is 0 Å². The van der Waals surface area contributed by atoms with Gasteiger partial charge in [-0.2, -0.15) is 0 Å². The molecule has 0 fully saturated rings. The molecule has 0 saturated carbocycles. The summed E-state index contributed by atoms with van der Waals surface area (Å²) in [6.45, 7) is 2.87. The monoisotopic (exact) mass is 254 g/mol. The smallest absolute Gasteiger partial charge is 0.269 e. The summed E-state index contributed by atoms with van der Waals surface area (Å²) in [5.74, 6) is -0.0853.